The maximum atomic E-state index is 13.0. The number of benzene rings is 4. The van der Waals surface area contributed by atoms with Gasteiger partial charge in [-0.05, 0) is 54.4 Å². The van der Waals surface area contributed by atoms with Crippen LogP contribution in [0.5, 0.6) is 11.5 Å². The van der Waals surface area contributed by atoms with Crippen molar-refractivity contribution >= 4 is 27.2 Å². The van der Waals surface area contributed by atoms with Crippen LogP contribution in [0.1, 0.15) is 11.1 Å². The molecule has 0 aliphatic rings. The quantitative estimate of drug-likeness (QED) is 0.326. The summed E-state index contributed by atoms with van der Waals surface area (Å²) in [6.45, 7) is 1.74. The van der Waals surface area contributed by atoms with Gasteiger partial charge in [-0.25, -0.2) is 13.2 Å². The number of carbonyl (C=O) groups excluding carboxylic acids is 1. The minimum atomic E-state index is -3.58. The molecule has 0 radical (unpaired) electrons. The minimum absolute atomic E-state index is 0.113. The van der Waals surface area contributed by atoms with Crippen molar-refractivity contribution in [3.05, 3.63) is 114 Å². The average Bonchev–Trinajstić information content (AvgIpc) is 2.81. The lowest BCUT2D eigenvalue weighted by Gasteiger charge is -2.13. The molecule has 0 aromatic heterocycles. The van der Waals surface area contributed by atoms with Gasteiger partial charge < -0.3 is 15.4 Å². The monoisotopic (exact) mass is 472 g/mol. The first-order chi connectivity index (χ1) is 16.4. The van der Waals surface area contributed by atoms with E-state index in [0.717, 1.165) is 0 Å². The first-order valence-electron chi connectivity index (χ1n) is 10.7. The van der Waals surface area contributed by atoms with E-state index in [1.807, 2.05) is 36.4 Å². The number of hydrogen-bond acceptors (Lipinski definition) is 4. The molecular weight excluding hydrogens is 448 g/mol. The summed E-state index contributed by atoms with van der Waals surface area (Å²) in [6.07, 6.45) is 0. The summed E-state index contributed by atoms with van der Waals surface area (Å²) in [5.74, 6) is 1.15. The van der Waals surface area contributed by atoms with Crippen molar-refractivity contribution in [1.29, 1.82) is 0 Å². The summed E-state index contributed by atoms with van der Waals surface area (Å²) in [5, 5.41) is 5.46. The molecule has 0 aliphatic heterocycles. The van der Waals surface area contributed by atoms with E-state index in [1.54, 1.807) is 67.6 Å². The lowest BCUT2D eigenvalue weighted by molar-refractivity contribution is 0.262. The Hall–Kier alpha value is -4.10. The van der Waals surface area contributed by atoms with Crippen LogP contribution in [0.2, 0.25) is 0 Å². The number of para-hydroxylation sites is 1. The lowest BCUT2D eigenvalue weighted by Crippen LogP contribution is -2.19. The van der Waals surface area contributed by atoms with E-state index in [-0.39, 0.29) is 10.6 Å². The van der Waals surface area contributed by atoms with Gasteiger partial charge in [-0.1, -0.05) is 60.7 Å². The van der Waals surface area contributed by atoms with Crippen LogP contribution in [0.25, 0.3) is 0 Å². The minimum Gasteiger partial charge on any atom is -0.457 e. The van der Waals surface area contributed by atoms with Crippen molar-refractivity contribution in [1.82, 2.24) is 0 Å². The van der Waals surface area contributed by atoms with Gasteiger partial charge in [-0.2, -0.15) is 0 Å². The summed E-state index contributed by atoms with van der Waals surface area (Å²) < 4.78 is 31.8. The molecule has 0 atom stereocenters. The number of ether oxygens (including phenoxy) is 1. The van der Waals surface area contributed by atoms with Gasteiger partial charge in [0, 0.05) is 17.4 Å². The molecule has 6 nitrogen and oxygen atoms in total. The molecule has 0 heterocycles. The van der Waals surface area contributed by atoms with Gasteiger partial charge in [-0.15, -0.1) is 0 Å². The predicted octanol–water partition coefficient (Wildman–Crippen LogP) is 6.41. The molecule has 0 aliphatic carbocycles. The second-order valence-electron chi connectivity index (χ2n) is 7.75. The Bertz CT molecular complexity index is 1390. The number of aryl methyl sites for hydroxylation is 1. The summed E-state index contributed by atoms with van der Waals surface area (Å²) in [6, 6.07) is 29.7. The summed E-state index contributed by atoms with van der Waals surface area (Å²) in [5.41, 5.74) is 2.24. The Balaban J connectivity index is 1.45. The van der Waals surface area contributed by atoms with Crippen LogP contribution >= 0.6 is 0 Å². The molecule has 0 fully saturated rings. The van der Waals surface area contributed by atoms with E-state index in [1.165, 1.54) is 6.07 Å². The van der Waals surface area contributed by atoms with Crippen molar-refractivity contribution in [2.45, 2.75) is 17.6 Å². The zero-order chi connectivity index (χ0) is 24.0. The molecule has 4 aromatic carbocycles. The second-order valence-corrected chi connectivity index (χ2v) is 9.71. The molecule has 34 heavy (non-hydrogen) atoms. The Morgan fingerprint density at radius 1 is 0.735 bits per heavy atom. The first-order valence-corrected chi connectivity index (χ1v) is 12.3. The number of sulfone groups is 1. The van der Waals surface area contributed by atoms with Crippen LogP contribution in [0.4, 0.5) is 16.2 Å². The van der Waals surface area contributed by atoms with Crippen molar-refractivity contribution in [3.8, 4) is 11.5 Å². The highest BCUT2D eigenvalue weighted by atomic mass is 32.2. The topological polar surface area (TPSA) is 84.5 Å². The smallest absolute Gasteiger partial charge is 0.323 e. The molecule has 0 bridgehead atoms. The van der Waals surface area contributed by atoms with Crippen LogP contribution in [0.3, 0.4) is 0 Å². The molecule has 0 spiro atoms. The molecule has 2 amide bonds. The fourth-order valence-corrected chi connectivity index (χ4v) is 5.09. The molecule has 4 rings (SSSR count). The first kappa shape index (κ1) is 23.1. The molecular formula is C27H24N2O4S. The van der Waals surface area contributed by atoms with Crippen LogP contribution in [0, 0.1) is 6.92 Å². The van der Waals surface area contributed by atoms with E-state index < -0.39 is 15.9 Å². The highest BCUT2D eigenvalue weighted by Crippen LogP contribution is 2.26. The van der Waals surface area contributed by atoms with Crippen molar-refractivity contribution in [2.24, 2.45) is 0 Å². The number of amides is 2. The Morgan fingerprint density at radius 3 is 2.06 bits per heavy atom. The molecule has 0 unspecified atom stereocenters. The third kappa shape index (κ3) is 6.02. The van der Waals surface area contributed by atoms with Crippen LogP contribution < -0.4 is 15.4 Å². The molecule has 0 saturated carbocycles. The third-order valence-corrected chi connectivity index (χ3v) is 6.87. The maximum Gasteiger partial charge on any atom is 0.323 e. The van der Waals surface area contributed by atoms with Crippen molar-refractivity contribution < 1.29 is 17.9 Å². The number of anilines is 2. The Morgan fingerprint density at radius 2 is 1.35 bits per heavy atom. The third-order valence-electron chi connectivity index (χ3n) is 5.05. The van der Waals surface area contributed by atoms with E-state index in [2.05, 4.69) is 10.6 Å². The molecule has 7 heteroatoms. The van der Waals surface area contributed by atoms with Gasteiger partial charge in [0.1, 0.15) is 11.5 Å². The molecule has 2 N–H and O–H groups in total. The zero-order valence-electron chi connectivity index (χ0n) is 18.6. The van der Waals surface area contributed by atoms with Crippen LogP contribution in [-0.2, 0) is 15.6 Å². The fraction of sp³-hybridized carbons (Fsp3) is 0.0741. The van der Waals surface area contributed by atoms with Crippen molar-refractivity contribution in [2.75, 3.05) is 10.6 Å². The van der Waals surface area contributed by atoms with Gasteiger partial charge in [0.05, 0.1) is 10.6 Å². The van der Waals surface area contributed by atoms with E-state index in [4.69, 9.17) is 4.74 Å². The van der Waals surface area contributed by atoms with Crippen LogP contribution in [0.15, 0.2) is 108 Å². The fourth-order valence-electron chi connectivity index (χ4n) is 3.44. The molecule has 4 aromatic rings. The zero-order valence-corrected chi connectivity index (χ0v) is 19.4. The number of urea groups is 1. The van der Waals surface area contributed by atoms with E-state index in [0.29, 0.717) is 34.0 Å². The maximum absolute atomic E-state index is 13.0. The summed E-state index contributed by atoms with van der Waals surface area (Å²) in [7, 11) is -3.58. The lowest BCUT2D eigenvalue weighted by atomic mass is 10.2. The normalized spacial score (nSPS) is 11.0. The number of carbonyl (C=O) groups is 1. The highest BCUT2D eigenvalue weighted by molar-refractivity contribution is 7.90. The number of rotatable bonds is 7. The van der Waals surface area contributed by atoms with Crippen LogP contribution in [-0.4, -0.2) is 14.4 Å². The van der Waals surface area contributed by atoms with E-state index >= 15 is 0 Å². The largest absolute Gasteiger partial charge is 0.457 e. The number of hydrogen-bond donors (Lipinski definition) is 2. The Labute approximate surface area is 199 Å². The predicted molar refractivity (Wildman–Crippen MR) is 134 cm³/mol. The van der Waals surface area contributed by atoms with E-state index in [9.17, 15) is 13.2 Å². The highest BCUT2D eigenvalue weighted by Gasteiger charge is 2.19. The standard InChI is InChI=1S/C27H24N2O4S/c1-20-15-16-23(18-26(20)34(31,32)19-21-9-4-2-5-10-21)29-27(30)28-22-11-8-14-25(17-22)33-24-12-6-3-7-13-24/h2-18H,19H2,1H3,(H2,28,29,30). The molecule has 0 saturated heterocycles. The van der Waals surface area contributed by atoms with Gasteiger partial charge in [-0.3, -0.25) is 0 Å². The van der Waals surface area contributed by atoms with Gasteiger partial charge in [0.25, 0.3) is 0 Å². The average molecular weight is 473 g/mol. The second kappa shape index (κ2) is 10.2. The Kier molecular flexibility index (Phi) is 6.94. The van der Waals surface area contributed by atoms with Gasteiger partial charge in [0.15, 0.2) is 9.84 Å². The summed E-state index contributed by atoms with van der Waals surface area (Å²) >= 11 is 0. The van der Waals surface area contributed by atoms with Gasteiger partial charge in [0.2, 0.25) is 0 Å². The van der Waals surface area contributed by atoms with Crippen molar-refractivity contribution in [3.63, 3.8) is 0 Å². The molecule has 172 valence electrons. The SMILES string of the molecule is Cc1ccc(NC(=O)Nc2cccc(Oc3ccccc3)c2)cc1S(=O)(=O)Cc1ccccc1. The van der Waals surface area contributed by atoms with Gasteiger partial charge >= 0.3 is 6.03 Å². The summed E-state index contributed by atoms with van der Waals surface area (Å²) in [4.78, 5) is 12.8. The number of nitrogens with one attached hydrogen (secondary N) is 2.